The molecule has 164 valence electrons. The molecule has 31 heavy (non-hydrogen) atoms. The van der Waals surface area contributed by atoms with Crippen LogP contribution in [0, 0.1) is 10.1 Å². The van der Waals surface area contributed by atoms with Crippen LogP contribution >= 0.6 is 0 Å². The molecule has 0 spiro atoms. The van der Waals surface area contributed by atoms with Gasteiger partial charge in [0.25, 0.3) is 5.69 Å². The first-order chi connectivity index (χ1) is 14.9. The highest BCUT2D eigenvalue weighted by Crippen LogP contribution is 2.31. The number of rotatable bonds is 5. The summed E-state index contributed by atoms with van der Waals surface area (Å²) < 4.78 is 29.5. The number of fused-ring (bicyclic) bond motifs is 1. The van der Waals surface area contributed by atoms with Crippen LogP contribution in [0.2, 0.25) is 0 Å². The molecule has 0 bridgehead atoms. The van der Waals surface area contributed by atoms with Crippen LogP contribution in [0.5, 0.6) is 5.75 Å². The van der Waals surface area contributed by atoms with Crippen molar-refractivity contribution >= 4 is 21.5 Å². The van der Waals surface area contributed by atoms with Crippen molar-refractivity contribution in [3.8, 4) is 5.75 Å². The molecule has 1 saturated heterocycles. The highest BCUT2D eigenvalue weighted by Gasteiger charge is 2.29. The first kappa shape index (κ1) is 21.1. The topological polar surface area (TPSA) is 123 Å². The fraction of sp³-hybridized carbons (Fsp3) is 0.381. The standard InChI is InChI=1S/C21H24N4O5S/c26-25(27)17-7-5-15(6-8-17)13-22-21(23-16-10-12-31(28,29)14-16)24-19-9-11-30-20-4-2-1-3-18(19)20/h1-8,16,19H,9-14H2,(H2,22,23,24). The SMILES string of the molecule is O=[N+]([O-])c1ccc(CN=C(NC2CCS(=O)(=O)C2)NC2CCOc3ccccc32)cc1. The first-order valence-corrected chi connectivity index (χ1v) is 11.9. The maximum absolute atomic E-state index is 11.9. The van der Waals surface area contributed by atoms with Gasteiger partial charge in [0.15, 0.2) is 15.8 Å². The zero-order valence-electron chi connectivity index (χ0n) is 16.9. The summed E-state index contributed by atoms with van der Waals surface area (Å²) in [5, 5.41) is 17.5. The summed E-state index contributed by atoms with van der Waals surface area (Å²) >= 11 is 0. The average molecular weight is 445 g/mol. The molecule has 0 saturated carbocycles. The highest BCUT2D eigenvalue weighted by atomic mass is 32.2. The van der Waals surface area contributed by atoms with E-state index in [2.05, 4.69) is 15.6 Å². The Labute approximate surface area is 180 Å². The maximum atomic E-state index is 11.9. The Morgan fingerprint density at radius 2 is 1.90 bits per heavy atom. The molecule has 2 aliphatic rings. The Balaban J connectivity index is 1.53. The fourth-order valence-electron chi connectivity index (χ4n) is 3.79. The second kappa shape index (κ2) is 8.93. The van der Waals surface area contributed by atoms with Crippen molar-refractivity contribution in [1.82, 2.24) is 10.6 Å². The lowest BCUT2D eigenvalue weighted by atomic mass is 10.0. The molecule has 2 unspecified atom stereocenters. The number of aliphatic imine (C=N–C) groups is 1. The number of hydrogen-bond acceptors (Lipinski definition) is 6. The number of benzene rings is 2. The molecule has 2 N–H and O–H groups in total. The second-order valence-corrected chi connectivity index (χ2v) is 9.93. The van der Waals surface area contributed by atoms with E-state index in [0.29, 0.717) is 25.5 Å². The summed E-state index contributed by atoms with van der Waals surface area (Å²) in [6.45, 7) is 0.875. The van der Waals surface area contributed by atoms with Crippen LogP contribution in [0.25, 0.3) is 0 Å². The van der Waals surface area contributed by atoms with Crippen LogP contribution in [0.3, 0.4) is 0 Å². The summed E-state index contributed by atoms with van der Waals surface area (Å²) in [4.78, 5) is 15.0. The maximum Gasteiger partial charge on any atom is 0.269 e. The van der Waals surface area contributed by atoms with Crippen LogP contribution in [0.1, 0.15) is 30.0 Å². The molecule has 4 rings (SSSR count). The molecule has 10 heteroatoms. The minimum absolute atomic E-state index is 0.0222. The number of ether oxygens (including phenoxy) is 1. The molecule has 0 radical (unpaired) electrons. The van der Waals surface area contributed by atoms with Crippen molar-refractivity contribution in [2.75, 3.05) is 18.1 Å². The molecule has 1 fully saturated rings. The van der Waals surface area contributed by atoms with E-state index in [1.807, 2.05) is 24.3 Å². The number of nitrogens with zero attached hydrogens (tertiary/aromatic N) is 2. The molecule has 2 atom stereocenters. The summed E-state index contributed by atoms with van der Waals surface area (Å²) in [5.41, 5.74) is 1.87. The Morgan fingerprint density at radius 3 is 2.61 bits per heavy atom. The van der Waals surface area contributed by atoms with Gasteiger partial charge in [0, 0.05) is 30.2 Å². The number of hydrogen-bond donors (Lipinski definition) is 2. The molecule has 9 nitrogen and oxygen atoms in total. The van der Waals surface area contributed by atoms with Crippen molar-refractivity contribution in [1.29, 1.82) is 0 Å². The van der Waals surface area contributed by atoms with Crippen molar-refractivity contribution in [3.63, 3.8) is 0 Å². The van der Waals surface area contributed by atoms with Gasteiger partial charge in [-0.15, -0.1) is 0 Å². The minimum Gasteiger partial charge on any atom is -0.493 e. The fourth-order valence-corrected chi connectivity index (χ4v) is 5.46. The minimum atomic E-state index is -3.03. The van der Waals surface area contributed by atoms with Gasteiger partial charge < -0.3 is 15.4 Å². The predicted octanol–water partition coefficient (Wildman–Crippen LogP) is 2.34. The number of non-ortho nitro benzene ring substituents is 1. The van der Waals surface area contributed by atoms with E-state index in [1.165, 1.54) is 12.1 Å². The molecular weight excluding hydrogens is 420 g/mol. The van der Waals surface area contributed by atoms with E-state index in [1.54, 1.807) is 12.1 Å². The number of para-hydroxylation sites is 1. The Bertz CT molecular complexity index is 1090. The van der Waals surface area contributed by atoms with Crippen LogP contribution in [0.4, 0.5) is 5.69 Å². The third-order valence-electron chi connectivity index (χ3n) is 5.41. The third kappa shape index (κ3) is 5.32. The van der Waals surface area contributed by atoms with Crippen LogP contribution in [-0.2, 0) is 16.4 Å². The third-order valence-corrected chi connectivity index (χ3v) is 7.18. The number of nitro benzene ring substituents is 1. The molecular formula is C21H24N4O5S. The zero-order chi connectivity index (χ0) is 21.8. The van der Waals surface area contributed by atoms with E-state index in [-0.39, 0.29) is 29.3 Å². The molecule has 0 aliphatic carbocycles. The van der Waals surface area contributed by atoms with Crippen LogP contribution in [-0.4, -0.2) is 43.5 Å². The van der Waals surface area contributed by atoms with Gasteiger partial charge in [-0.1, -0.05) is 30.3 Å². The molecule has 2 aromatic carbocycles. The number of nitro groups is 1. The normalized spacial score (nSPS) is 22.3. The van der Waals surface area contributed by atoms with Gasteiger partial charge in [0.2, 0.25) is 0 Å². The highest BCUT2D eigenvalue weighted by molar-refractivity contribution is 7.91. The molecule has 0 amide bonds. The Morgan fingerprint density at radius 1 is 1.13 bits per heavy atom. The van der Waals surface area contributed by atoms with Gasteiger partial charge in [0.05, 0.1) is 35.6 Å². The van der Waals surface area contributed by atoms with Gasteiger partial charge in [-0.3, -0.25) is 10.1 Å². The van der Waals surface area contributed by atoms with E-state index in [4.69, 9.17) is 4.74 Å². The summed E-state index contributed by atoms with van der Waals surface area (Å²) in [7, 11) is -3.03. The van der Waals surface area contributed by atoms with Gasteiger partial charge in [-0.25, -0.2) is 13.4 Å². The number of sulfone groups is 1. The lowest BCUT2D eigenvalue weighted by molar-refractivity contribution is -0.384. The molecule has 2 heterocycles. The van der Waals surface area contributed by atoms with Crippen LogP contribution in [0.15, 0.2) is 53.5 Å². The average Bonchev–Trinajstić information content (AvgIpc) is 3.10. The first-order valence-electron chi connectivity index (χ1n) is 10.1. The predicted molar refractivity (Wildman–Crippen MR) is 117 cm³/mol. The second-order valence-electron chi connectivity index (χ2n) is 7.70. The largest absolute Gasteiger partial charge is 0.493 e. The van der Waals surface area contributed by atoms with E-state index >= 15 is 0 Å². The van der Waals surface area contributed by atoms with E-state index in [0.717, 1.165) is 23.3 Å². The van der Waals surface area contributed by atoms with Crippen molar-refractivity contribution in [3.05, 3.63) is 69.8 Å². The van der Waals surface area contributed by atoms with Gasteiger partial charge in [-0.2, -0.15) is 0 Å². The Hall–Kier alpha value is -3.14. The quantitative estimate of drug-likeness (QED) is 0.314. The van der Waals surface area contributed by atoms with Crippen molar-refractivity contribution in [2.45, 2.75) is 31.5 Å². The Kier molecular flexibility index (Phi) is 6.08. The zero-order valence-corrected chi connectivity index (χ0v) is 17.7. The number of nitrogens with one attached hydrogen (secondary N) is 2. The van der Waals surface area contributed by atoms with Crippen molar-refractivity contribution < 1.29 is 18.1 Å². The van der Waals surface area contributed by atoms with Gasteiger partial charge >= 0.3 is 0 Å². The summed E-state index contributed by atoms with van der Waals surface area (Å²) in [6.07, 6.45) is 1.28. The monoisotopic (exact) mass is 444 g/mol. The molecule has 2 aliphatic heterocycles. The van der Waals surface area contributed by atoms with E-state index < -0.39 is 14.8 Å². The van der Waals surface area contributed by atoms with Gasteiger partial charge in [-0.05, 0) is 18.1 Å². The lowest BCUT2D eigenvalue weighted by Gasteiger charge is -2.29. The smallest absolute Gasteiger partial charge is 0.269 e. The molecule has 2 aromatic rings. The summed E-state index contributed by atoms with van der Waals surface area (Å²) in [5.74, 6) is 1.59. The van der Waals surface area contributed by atoms with Crippen molar-refractivity contribution in [2.24, 2.45) is 4.99 Å². The molecule has 0 aromatic heterocycles. The van der Waals surface area contributed by atoms with E-state index in [9.17, 15) is 18.5 Å². The summed E-state index contributed by atoms with van der Waals surface area (Å²) in [6, 6.07) is 13.8. The van der Waals surface area contributed by atoms with Crippen LogP contribution < -0.4 is 15.4 Å². The van der Waals surface area contributed by atoms with Gasteiger partial charge in [0.1, 0.15) is 5.75 Å². The lowest BCUT2D eigenvalue weighted by Crippen LogP contribution is -2.46. The number of guanidine groups is 1.